The van der Waals surface area contributed by atoms with Crippen LogP contribution in [0, 0.1) is 10.5 Å². The zero-order chi connectivity index (χ0) is 12.3. The largest absolute Gasteiger partial charge is 0.326 e. The first-order valence-corrected chi connectivity index (χ1v) is 6.44. The normalized spacial score (nSPS) is 10.2. The van der Waals surface area contributed by atoms with E-state index in [0.29, 0.717) is 0 Å². The van der Waals surface area contributed by atoms with Gasteiger partial charge in [-0.3, -0.25) is 0 Å². The lowest BCUT2D eigenvalue weighted by molar-refractivity contribution is 0.833. The van der Waals surface area contributed by atoms with E-state index >= 15 is 0 Å². The van der Waals surface area contributed by atoms with Crippen molar-refractivity contribution in [1.82, 2.24) is 9.55 Å². The Balaban J connectivity index is 2.22. The van der Waals surface area contributed by atoms with Gasteiger partial charge in [0, 0.05) is 28.2 Å². The topological polar surface area (TPSA) is 29.9 Å². The molecule has 0 aliphatic heterocycles. The lowest BCUT2D eigenvalue weighted by Gasteiger charge is -2.09. The fraction of sp³-hybridized carbons (Fsp3) is 0.154. The van der Waals surface area contributed by atoms with Crippen molar-refractivity contribution in [3.05, 3.63) is 52.4 Å². The molecular formula is C13H14IN3. The summed E-state index contributed by atoms with van der Waals surface area (Å²) >= 11 is 2.33. The highest BCUT2D eigenvalue weighted by Gasteiger charge is 2.03. The number of anilines is 2. The van der Waals surface area contributed by atoms with E-state index in [-0.39, 0.29) is 0 Å². The summed E-state index contributed by atoms with van der Waals surface area (Å²) < 4.78 is 3.26. The van der Waals surface area contributed by atoms with Gasteiger partial charge in [0.05, 0.1) is 0 Å². The van der Waals surface area contributed by atoms with Crippen molar-refractivity contribution in [2.45, 2.75) is 13.5 Å². The third-order valence-corrected chi connectivity index (χ3v) is 3.63. The maximum Gasteiger partial charge on any atom is 0.207 e. The van der Waals surface area contributed by atoms with Gasteiger partial charge in [-0.1, -0.05) is 12.1 Å². The SMILES string of the molecule is C=CCn1ccnc1Nc1ccc(C)c(I)c1. The zero-order valence-electron chi connectivity index (χ0n) is 9.65. The van der Waals surface area contributed by atoms with Crippen LogP contribution in [0.2, 0.25) is 0 Å². The number of hydrogen-bond acceptors (Lipinski definition) is 2. The molecule has 88 valence electrons. The number of hydrogen-bond donors (Lipinski definition) is 1. The quantitative estimate of drug-likeness (QED) is 0.680. The van der Waals surface area contributed by atoms with Gasteiger partial charge in [0.2, 0.25) is 5.95 Å². The second-order valence-electron chi connectivity index (χ2n) is 3.78. The summed E-state index contributed by atoms with van der Waals surface area (Å²) in [6, 6.07) is 6.28. The van der Waals surface area contributed by atoms with Crippen LogP contribution in [0.15, 0.2) is 43.2 Å². The highest BCUT2D eigenvalue weighted by molar-refractivity contribution is 14.1. The number of aryl methyl sites for hydroxylation is 1. The fourth-order valence-electron chi connectivity index (χ4n) is 1.52. The number of allylic oxidation sites excluding steroid dienone is 1. The van der Waals surface area contributed by atoms with Crippen molar-refractivity contribution >= 4 is 34.2 Å². The maximum absolute atomic E-state index is 4.28. The van der Waals surface area contributed by atoms with Crippen LogP contribution in [0.1, 0.15) is 5.56 Å². The molecule has 3 nitrogen and oxygen atoms in total. The number of imidazole rings is 1. The van der Waals surface area contributed by atoms with Gasteiger partial charge < -0.3 is 9.88 Å². The molecule has 2 aromatic rings. The summed E-state index contributed by atoms with van der Waals surface area (Å²) in [6.07, 6.45) is 5.57. The first kappa shape index (κ1) is 12.2. The predicted molar refractivity (Wildman–Crippen MR) is 79.6 cm³/mol. The molecule has 1 aromatic heterocycles. The Morgan fingerprint density at radius 2 is 2.35 bits per heavy atom. The monoisotopic (exact) mass is 339 g/mol. The molecule has 0 bridgehead atoms. The average molecular weight is 339 g/mol. The van der Waals surface area contributed by atoms with E-state index in [2.05, 4.69) is 64.6 Å². The molecule has 0 saturated heterocycles. The fourth-order valence-corrected chi connectivity index (χ4v) is 2.03. The van der Waals surface area contributed by atoms with Gasteiger partial charge in [-0.25, -0.2) is 4.98 Å². The Morgan fingerprint density at radius 3 is 3.06 bits per heavy atom. The van der Waals surface area contributed by atoms with E-state index in [1.807, 2.05) is 16.8 Å². The van der Waals surface area contributed by atoms with E-state index in [9.17, 15) is 0 Å². The summed E-state index contributed by atoms with van der Waals surface area (Å²) in [6.45, 7) is 6.59. The van der Waals surface area contributed by atoms with Crippen LogP contribution in [-0.4, -0.2) is 9.55 Å². The van der Waals surface area contributed by atoms with Crippen LogP contribution in [0.3, 0.4) is 0 Å². The number of nitrogens with one attached hydrogen (secondary N) is 1. The number of benzene rings is 1. The van der Waals surface area contributed by atoms with E-state index in [1.165, 1.54) is 9.13 Å². The van der Waals surface area contributed by atoms with Gasteiger partial charge in [-0.15, -0.1) is 6.58 Å². The molecule has 0 amide bonds. The van der Waals surface area contributed by atoms with Crippen LogP contribution < -0.4 is 5.32 Å². The number of halogens is 1. The summed E-state index contributed by atoms with van der Waals surface area (Å²) in [7, 11) is 0. The van der Waals surface area contributed by atoms with Gasteiger partial charge in [0.1, 0.15) is 0 Å². The van der Waals surface area contributed by atoms with E-state index in [4.69, 9.17) is 0 Å². The third kappa shape index (κ3) is 2.88. The Hall–Kier alpha value is -1.30. The molecule has 0 unspecified atom stereocenters. The predicted octanol–water partition coefficient (Wildman–Crippen LogP) is 3.73. The molecule has 4 heteroatoms. The summed E-state index contributed by atoms with van der Waals surface area (Å²) in [5.74, 6) is 0.838. The Labute approximate surface area is 115 Å². The van der Waals surface area contributed by atoms with Gasteiger partial charge in [0.15, 0.2) is 0 Å². The molecule has 1 heterocycles. The minimum atomic E-state index is 0.755. The molecule has 0 radical (unpaired) electrons. The second kappa shape index (κ2) is 5.35. The van der Waals surface area contributed by atoms with Crippen molar-refractivity contribution in [1.29, 1.82) is 0 Å². The van der Waals surface area contributed by atoms with Gasteiger partial charge in [0.25, 0.3) is 0 Å². The van der Waals surface area contributed by atoms with Crippen molar-refractivity contribution < 1.29 is 0 Å². The standard InChI is InChI=1S/C13H14IN3/c1-3-7-17-8-6-15-13(17)16-11-5-4-10(2)12(14)9-11/h3-6,8-9H,1,7H2,2H3,(H,15,16). The summed E-state index contributed by atoms with van der Waals surface area (Å²) in [4.78, 5) is 4.28. The molecule has 0 spiro atoms. The van der Waals surface area contributed by atoms with Crippen molar-refractivity contribution in [3.8, 4) is 0 Å². The lowest BCUT2D eigenvalue weighted by atomic mass is 10.2. The van der Waals surface area contributed by atoms with E-state index < -0.39 is 0 Å². The first-order chi connectivity index (χ1) is 8.20. The lowest BCUT2D eigenvalue weighted by Crippen LogP contribution is -2.02. The molecule has 1 N–H and O–H groups in total. The summed E-state index contributed by atoms with van der Waals surface area (Å²) in [5.41, 5.74) is 2.34. The molecule has 0 saturated carbocycles. The number of nitrogens with zero attached hydrogens (tertiary/aromatic N) is 2. The average Bonchev–Trinajstić information content (AvgIpc) is 2.72. The minimum absolute atomic E-state index is 0.755. The van der Waals surface area contributed by atoms with Crippen molar-refractivity contribution in [2.24, 2.45) is 0 Å². The zero-order valence-corrected chi connectivity index (χ0v) is 11.8. The molecule has 2 rings (SSSR count). The molecule has 0 atom stereocenters. The summed E-state index contributed by atoms with van der Waals surface area (Å²) in [5, 5.41) is 3.30. The molecule has 0 aliphatic rings. The Kier molecular flexibility index (Phi) is 3.83. The second-order valence-corrected chi connectivity index (χ2v) is 4.94. The molecule has 0 aliphatic carbocycles. The number of rotatable bonds is 4. The van der Waals surface area contributed by atoms with Crippen LogP contribution >= 0.6 is 22.6 Å². The van der Waals surface area contributed by atoms with Crippen molar-refractivity contribution in [3.63, 3.8) is 0 Å². The van der Waals surface area contributed by atoms with Crippen LogP contribution in [0.4, 0.5) is 11.6 Å². The highest BCUT2D eigenvalue weighted by Crippen LogP contribution is 2.20. The van der Waals surface area contributed by atoms with Crippen molar-refractivity contribution in [2.75, 3.05) is 5.32 Å². The molecule has 1 aromatic carbocycles. The van der Waals surface area contributed by atoms with Gasteiger partial charge in [-0.05, 0) is 47.2 Å². The maximum atomic E-state index is 4.28. The highest BCUT2D eigenvalue weighted by atomic mass is 127. The minimum Gasteiger partial charge on any atom is -0.326 e. The smallest absolute Gasteiger partial charge is 0.207 e. The van der Waals surface area contributed by atoms with Crippen LogP contribution in [0.5, 0.6) is 0 Å². The molecule has 17 heavy (non-hydrogen) atoms. The number of aromatic nitrogens is 2. The first-order valence-electron chi connectivity index (χ1n) is 5.36. The third-order valence-electron chi connectivity index (χ3n) is 2.47. The van der Waals surface area contributed by atoms with E-state index in [0.717, 1.165) is 18.2 Å². The Morgan fingerprint density at radius 1 is 1.53 bits per heavy atom. The van der Waals surface area contributed by atoms with Gasteiger partial charge >= 0.3 is 0 Å². The Bertz CT molecular complexity index is 531. The molecule has 0 fully saturated rings. The van der Waals surface area contributed by atoms with Crippen LogP contribution in [0.25, 0.3) is 0 Å². The molecular weight excluding hydrogens is 325 g/mol. The van der Waals surface area contributed by atoms with E-state index in [1.54, 1.807) is 6.20 Å². The van der Waals surface area contributed by atoms with Gasteiger partial charge in [-0.2, -0.15) is 0 Å². The van der Waals surface area contributed by atoms with Crippen LogP contribution in [-0.2, 0) is 6.54 Å².